The monoisotopic (exact) mass is 273 g/mol. The molecule has 0 saturated carbocycles. The standard InChI is InChI=1S/C14H15N3O3/c18-13(17-7-3-10(4-8-17)14(19)20)11-2-1-6-16-9-5-15-12(11)16/h1-2,5-6,9-10H,3-4,7-8H2,(H,19,20). The highest BCUT2D eigenvalue weighted by atomic mass is 16.4. The lowest BCUT2D eigenvalue weighted by molar-refractivity contribution is -0.143. The number of aromatic nitrogens is 2. The van der Waals surface area contributed by atoms with Gasteiger partial charge in [-0.25, -0.2) is 4.98 Å². The molecule has 0 radical (unpaired) electrons. The molecule has 20 heavy (non-hydrogen) atoms. The van der Waals surface area contributed by atoms with Crippen molar-refractivity contribution >= 4 is 17.5 Å². The summed E-state index contributed by atoms with van der Waals surface area (Å²) < 4.78 is 1.80. The van der Waals surface area contributed by atoms with Gasteiger partial charge in [0.1, 0.15) is 5.65 Å². The summed E-state index contributed by atoms with van der Waals surface area (Å²) in [7, 11) is 0. The van der Waals surface area contributed by atoms with E-state index in [0.717, 1.165) is 0 Å². The number of hydrogen-bond donors (Lipinski definition) is 1. The first-order valence-corrected chi connectivity index (χ1v) is 6.60. The number of fused-ring (bicyclic) bond motifs is 1. The van der Waals surface area contributed by atoms with E-state index < -0.39 is 5.97 Å². The summed E-state index contributed by atoms with van der Waals surface area (Å²) in [6, 6.07) is 3.57. The number of imidazole rings is 1. The zero-order valence-corrected chi connectivity index (χ0v) is 10.9. The maximum Gasteiger partial charge on any atom is 0.306 e. The molecule has 2 aromatic heterocycles. The van der Waals surface area contributed by atoms with E-state index in [9.17, 15) is 9.59 Å². The van der Waals surface area contributed by atoms with Crippen molar-refractivity contribution in [1.29, 1.82) is 0 Å². The van der Waals surface area contributed by atoms with E-state index in [1.54, 1.807) is 27.8 Å². The minimum Gasteiger partial charge on any atom is -0.481 e. The smallest absolute Gasteiger partial charge is 0.306 e. The molecular formula is C14H15N3O3. The first-order chi connectivity index (χ1) is 9.66. The third-order valence-electron chi connectivity index (χ3n) is 3.78. The fourth-order valence-electron chi connectivity index (χ4n) is 2.62. The maximum absolute atomic E-state index is 12.5. The molecule has 0 atom stereocenters. The Kier molecular flexibility index (Phi) is 3.14. The molecular weight excluding hydrogens is 258 g/mol. The molecule has 0 aliphatic carbocycles. The molecule has 3 rings (SSSR count). The fourth-order valence-corrected chi connectivity index (χ4v) is 2.62. The zero-order valence-electron chi connectivity index (χ0n) is 10.9. The summed E-state index contributed by atoms with van der Waals surface area (Å²) in [5, 5.41) is 8.98. The van der Waals surface area contributed by atoms with Gasteiger partial charge in [0.25, 0.3) is 5.91 Å². The number of pyridine rings is 1. The molecule has 6 heteroatoms. The van der Waals surface area contributed by atoms with Crippen LogP contribution in [0.15, 0.2) is 30.7 Å². The van der Waals surface area contributed by atoms with E-state index >= 15 is 0 Å². The number of amides is 1. The van der Waals surface area contributed by atoms with Gasteiger partial charge in [0, 0.05) is 31.7 Å². The molecule has 0 aromatic carbocycles. The number of carboxylic acids is 1. The topological polar surface area (TPSA) is 74.9 Å². The SMILES string of the molecule is O=C(O)C1CCN(C(=O)c2cccn3ccnc23)CC1. The van der Waals surface area contributed by atoms with Gasteiger partial charge in [-0.3, -0.25) is 9.59 Å². The quantitative estimate of drug-likeness (QED) is 0.894. The lowest BCUT2D eigenvalue weighted by Crippen LogP contribution is -2.40. The molecule has 6 nitrogen and oxygen atoms in total. The molecule has 2 aromatic rings. The van der Waals surface area contributed by atoms with Crippen molar-refractivity contribution in [3.63, 3.8) is 0 Å². The van der Waals surface area contributed by atoms with Crippen LogP contribution in [-0.4, -0.2) is 44.4 Å². The van der Waals surface area contributed by atoms with E-state index in [-0.39, 0.29) is 11.8 Å². The second kappa shape index (κ2) is 4.96. The van der Waals surface area contributed by atoms with E-state index in [1.807, 2.05) is 12.3 Å². The molecule has 0 spiro atoms. The van der Waals surface area contributed by atoms with Gasteiger partial charge in [-0.1, -0.05) is 0 Å². The molecule has 1 saturated heterocycles. The van der Waals surface area contributed by atoms with E-state index in [0.29, 0.717) is 37.1 Å². The highest BCUT2D eigenvalue weighted by molar-refractivity contribution is 5.99. The predicted molar refractivity (Wildman–Crippen MR) is 71.5 cm³/mol. The second-order valence-corrected chi connectivity index (χ2v) is 4.98. The molecule has 1 N–H and O–H groups in total. The third kappa shape index (κ3) is 2.13. The van der Waals surface area contributed by atoms with Crippen molar-refractivity contribution in [3.05, 3.63) is 36.3 Å². The number of rotatable bonds is 2. The molecule has 0 bridgehead atoms. The van der Waals surface area contributed by atoms with E-state index in [2.05, 4.69) is 4.98 Å². The number of carbonyl (C=O) groups is 2. The fraction of sp³-hybridized carbons (Fsp3) is 0.357. The predicted octanol–water partition coefficient (Wildman–Crippen LogP) is 1.27. The second-order valence-electron chi connectivity index (χ2n) is 4.98. The Morgan fingerprint density at radius 2 is 2.00 bits per heavy atom. The van der Waals surface area contributed by atoms with Crippen LogP contribution >= 0.6 is 0 Å². The number of hydrogen-bond acceptors (Lipinski definition) is 3. The molecule has 1 aliphatic heterocycles. The molecule has 1 aliphatic rings. The molecule has 104 valence electrons. The van der Waals surface area contributed by atoms with E-state index in [4.69, 9.17) is 5.11 Å². The van der Waals surface area contributed by atoms with Crippen LogP contribution in [0, 0.1) is 5.92 Å². The Balaban J connectivity index is 1.80. The van der Waals surface area contributed by atoms with Crippen LogP contribution < -0.4 is 0 Å². The summed E-state index contributed by atoms with van der Waals surface area (Å²) in [6.45, 7) is 0.967. The Bertz CT molecular complexity index is 656. The average Bonchev–Trinajstić information content (AvgIpc) is 2.95. The van der Waals surface area contributed by atoms with Crippen LogP contribution in [0.1, 0.15) is 23.2 Å². The Morgan fingerprint density at radius 1 is 1.25 bits per heavy atom. The Hall–Kier alpha value is -2.37. The number of nitrogens with zero attached hydrogens (tertiary/aromatic N) is 3. The maximum atomic E-state index is 12.5. The van der Waals surface area contributed by atoms with Gasteiger partial charge in [0.2, 0.25) is 0 Å². The van der Waals surface area contributed by atoms with Crippen LogP contribution in [0.4, 0.5) is 0 Å². The summed E-state index contributed by atoms with van der Waals surface area (Å²) >= 11 is 0. The minimum atomic E-state index is -0.771. The van der Waals surface area contributed by atoms with Gasteiger partial charge >= 0.3 is 5.97 Å². The van der Waals surface area contributed by atoms with Gasteiger partial charge in [-0.2, -0.15) is 0 Å². The van der Waals surface area contributed by atoms with Crippen LogP contribution in [0.5, 0.6) is 0 Å². The van der Waals surface area contributed by atoms with Crippen molar-refractivity contribution in [2.24, 2.45) is 5.92 Å². The first-order valence-electron chi connectivity index (χ1n) is 6.60. The van der Waals surface area contributed by atoms with Gasteiger partial charge in [-0.15, -0.1) is 0 Å². The third-order valence-corrected chi connectivity index (χ3v) is 3.78. The molecule has 1 amide bonds. The van der Waals surface area contributed by atoms with Gasteiger partial charge < -0.3 is 14.4 Å². The van der Waals surface area contributed by atoms with Crippen LogP contribution in [0.3, 0.4) is 0 Å². The summed E-state index contributed by atoms with van der Waals surface area (Å²) in [5.41, 5.74) is 1.20. The number of likely N-dealkylation sites (tertiary alicyclic amines) is 1. The van der Waals surface area contributed by atoms with Crippen LogP contribution in [0.25, 0.3) is 5.65 Å². The summed E-state index contributed by atoms with van der Waals surface area (Å²) in [6.07, 6.45) is 6.32. The number of piperidine rings is 1. The van der Waals surface area contributed by atoms with Crippen molar-refractivity contribution in [2.45, 2.75) is 12.8 Å². The highest BCUT2D eigenvalue weighted by Crippen LogP contribution is 2.20. The number of aliphatic carboxylic acids is 1. The number of carbonyl (C=O) groups excluding carboxylic acids is 1. The minimum absolute atomic E-state index is 0.0781. The van der Waals surface area contributed by atoms with Crippen molar-refractivity contribution < 1.29 is 14.7 Å². The molecule has 3 heterocycles. The van der Waals surface area contributed by atoms with Crippen LogP contribution in [0.2, 0.25) is 0 Å². The highest BCUT2D eigenvalue weighted by Gasteiger charge is 2.28. The Morgan fingerprint density at radius 3 is 2.70 bits per heavy atom. The van der Waals surface area contributed by atoms with Gasteiger partial charge in [0.15, 0.2) is 0 Å². The summed E-state index contributed by atoms with van der Waals surface area (Å²) in [5.74, 6) is -1.18. The summed E-state index contributed by atoms with van der Waals surface area (Å²) in [4.78, 5) is 29.3. The average molecular weight is 273 g/mol. The van der Waals surface area contributed by atoms with Gasteiger partial charge in [0.05, 0.1) is 11.5 Å². The number of carboxylic acid groups (broad SMARTS) is 1. The van der Waals surface area contributed by atoms with Gasteiger partial charge in [-0.05, 0) is 25.0 Å². The zero-order chi connectivity index (χ0) is 14.1. The molecule has 1 fully saturated rings. The van der Waals surface area contributed by atoms with Crippen molar-refractivity contribution in [3.8, 4) is 0 Å². The normalized spacial score (nSPS) is 16.5. The molecule has 0 unspecified atom stereocenters. The lowest BCUT2D eigenvalue weighted by atomic mass is 9.97. The van der Waals surface area contributed by atoms with Crippen molar-refractivity contribution in [1.82, 2.24) is 14.3 Å². The largest absolute Gasteiger partial charge is 0.481 e. The lowest BCUT2D eigenvalue weighted by Gasteiger charge is -2.30. The van der Waals surface area contributed by atoms with E-state index in [1.165, 1.54) is 0 Å². The van der Waals surface area contributed by atoms with Crippen molar-refractivity contribution in [2.75, 3.05) is 13.1 Å². The van der Waals surface area contributed by atoms with Crippen LogP contribution in [-0.2, 0) is 4.79 Å². The Labute approximate surface area is 115 Å². The first kappa shape index (κ1) is 12.7.